The molecule has 0 radical (unpaired) electrons. The standard InChI is InChI=1S/C10H13BrN2O/c1-7-6-8(11)2-3-9(7)14-5-4-10(12)13/h2-3,6H,4-5H2,1H3,(H3,12,13). The SMILES string of the molecule is Cc1cc(Br)ccc1OCCC(=N)N. The predicted molar refractivity (Wildman–Crippen MR) is 60.9 cm³/mol. The summed E-state index contributed by atoms with van der Waals surface area (Å²) >= 11 is 3.38. The number of rotatable bonds is 4. The molecule has 0 spiro atoms. The molecule has 0 amide bonds. The Labute approximate surface area is 91.9 Å². The number of nitrogens with one attached hydrogen (secondary N) is 1. The minimum atomic E-state index is 0.153. The van der Waals surface area contributed by atoms with Gasteiger partial charge in [0.1, 0.15) is 5.75 Å². The maximum absolute atomic E-state index is 7.04. The van der Waals surface area contributed by atoms with Crippen LogP contribution in [0.25, 0.3) is 0 Å². The van der Waals surface area contributed by atoms with E-state index in [1.165, 1.54) is 0 Å². The van der Waals surface area contributed by atoms with Gasteiger partial charge in [0.2, 0.25) is 0 Å². The summed E-state index contributed by atoms with van der Waals surface area (Å²) in [5.74, 6) is 0.995. The molecule has 0 saturated heterocycles. The number of hydrogen-bond donors (Lipinski definition) is 2. The second kappa shape index (κ2) is 5.00. The molecule has 1 aromatic rings. The maximum Gasteiger partial charge on any atom is 0.122 e. The van der Waals surface area contributed by atoms with E-state index >= 15 is 0 Å². The van der Waals surface area contributed by atoms with Crippen molar-refractivity contribution in [2.24, 2.45) is 5.73 Å². The minimum absolute atomic E-state index is 0.153. The van der Waals surface area contributed by atoms with Gasteiger partial charge >= 0.3 is 0 Å². The fourth-order valence-electron chi connectivity index (χ4n) is 1.05. The van der Waals surface area contributed by atoms with Gasteiger partial charge in [0, 0.05) is 10.9 Å². The summed E-state index contributed by atoms with van der Waals surface area (Å²) in [6, 6.07) is 5.82. The molecular formula is C10H13BrN2O. The van der Waals surface area contributed by atoms with E-state index < -0.39 is 0 Å². The van der Waals surface area contributed by atoms with Gasteiger partial charge in [-0.15, -0.1) is 0 Å². The molecule has 0 fully saturated rings. The van der Waals surface area contributed by atoms with Crippen molar-refractivity contribution in [2.45, 2.75) is 13.3 Å². The van der Waals surface area contributed by atoms with E-state index in [0.29, 0.717) is 13.0 Å². The predicted octanol–water partition coefficient (Wildman–Crippen LogP) is 2.46. The van der Waals surface area contributed by atoms with Gasteiger partial charge < -0.3 is 10.5 Å². The van der Waals surface area contributed by atoms with Crippen LogP contribution in [-0.4, -0.2) is 12.4 Å². The summed E-state index contributed by atoms with van der Waals surface area (Å²) in [6.45, 7) is 2.44. The van der Waals surface area contributed by atoms with Crippen molar-refractivity contribution in [3.63, 3.8) is 0 Å². The van der Waals surface area contributed by atoms with Gasteiger partial charge in [-0.2, -0.15) is 0 Å². The first-order valence-corrected chi connectivity index (χ1v) is 5.11. The molecule has 0 aliphatic heterocycles. The van der Waals surface area contributed by atoms with Crippen molar-refractivity contribution < 1.29 is 4.74 Å². The van der Waals surface area contributed by atoms with Crippen LogP contribution in [0.1, 0.15) is 12.0 Å². The number of halogens is 1. The number of nitrogens with two attached hydrogens (primary N) is 1. The maximum atomic E-state index is 7.04. The van der Waals surface area contributed by atoms with Gasteiger partial charge in [0.05, 0.1) is 12.4 Å². The van der Waals surface area contributed by atoms with Crippen LogP contribution in [-0.2, 0) is 0 Å². The van der Waals surface area contributed by atoms with Gasteiger partial charge in [0.15, 0.2) is 0 Å². The topological polar surface area (TPSA) is 59.1 Å². The molecule has 76 valence electrons. The average Bonchev–Trinajstić information content (AvgIpc) is 2.08. The van der Waals surface area contributed by atoms with Crippen LogP contribution in [0.15, 0.2) is 22.7 Å². The van der Waals surface area contributed by atoms with E-state index in [4.69, 9.17) is 15.9 Å². The first-order valence-electron chi connectivity index (χ1n) is 4.31. The van der Waals surface area contributed by atoms with Crippen LogP contribution in [0.2, 0.25) is 0 Å². The number of aryl methyl sites for hydroxylation is 1. The molecule has 0 aliphatic carbocycles. The van der Waals surface area contributed by atoms with Crippen LogP contribution in [0.5, 0.6) is 5.75 Å². The van der Waals surface area contributed by atoms with Gasteiger partial charge in [-0.1, -0.05) is 15.9 Å². The summed E-state index contributed by atoms with van der Waals surface area (Å²) in [5, 5.41) is 7.04. The Morgan fingerprint density at radius 1 is 1.57 bits per heavy atom. The Kier molecular flexibility index (Phi) is 3.95. The molecule has 14 heavy (non-hydrogen) atoms. The van der Waals surface area contributed by atoms with Gasteiger partial charge in [-0.3, -0.25) is 5.41 Å². The molecule has 3 nitrogen and oxygen atoms in total. The third-order valence-electron chi connectivity index (χ3n) is 1.77. The lowest BCUT2D eigenvalue weighted by atomic mass is 10.2. The van der Waals surface area contributed by atoms with Crippen molar-refractivity contribution in [1.29, 1.82) is 5.41 Å². The second-order valence-electron chi connectivity index (χ2n) is 3.03. The lowest BCUT2D eigenvalue weighted by molar-refractivity contribution is 0.326. The Hall–Kier alpha value is -1.03. The highest BCUT2D eigenvalue weighted by Crippen LogP contribution is 2.22. The summed E-state index contributed by atoms with van der Waals surface area (Å²) in [4.78, 5) is 0. The highest BCUT2D eigenvalue weighted by atomic mass is 79.9. The summed E-state index contributed by atoms with van der Waals surface area (Å²) in [5.41, 5.74) is 6.29. The van der Waals surface area contributed by atoms with Crippen LogP contribution < -0.4 is 10.5 Å². The molecule has 0 aliphatic rings. The number of hydrogen-bond acceptors (Lipinski definition) is 2. The first-order chi connectivity index (χ1) is 6.59. The fourth-order valence-corrected chi connectivity index (χ4v) is 1.52. The van der Waals surface area contributed by atoms with Crippen LogP contribution >= 0.6 is 15.9 Å². The Bertz CT molecular complexity index is 339. The number of benzene rings is 1. The highest BCUT2D eigenvalue weighted by molar-refractivity contribution is 9.10. The molecule has 1 aromatic carbocycles. The van der Waals surface area contributed by atoms with E-state index in [-0.39, 0.29) is 5.84 Å². The quantitative estimate of drug-likeness (QED) is 0.643. The molecule has 0 atom stereocenters. The van der Waals surface area contributed by atoms with Crippen molar-refractivity contribution >= 4 is 21.8 Å². The smallest absolute Gasteiger partial charge is 0.122 e. The van der Waals surface area contributed by atoms with E-state index in [2.05, 4.69) is 15.9 Å². The Morgan fingerprint density at radius 3 is 2.86 bits per heavy atom. The normalized spacial score (nSPS) is 9.86. The van der Waals surface area contributed by atoms with E-state index in [1.807, 2.05) is 25.1 Å². The lowest BCUT2D eigenvalue weighted by Crippen LogP contribution is -2.13. The first kappa shape index (κ1) is 11.0. The average molecular weight is 257 g/mol. The number of amidine groups is 1. The molecular weight excluding hydrogens is 244 g/mol. The van der Waals surface area contributed by atoms with Crippen molar-refractivity contribution in [3.8, 4) is 5.75 Å². The molecule has 4 heteroatoms. The van der Waals surface area contributed by atoms with Crippen LogP contribution in [0, 0.1) is 12.3 Å². The minimum Gasteiger partial charge on any atom is -0.493 e. The van der Waals surface area contributed by atoms with E-state index in [0.717, 1.165) is 15.8 Å². The van der Waals surface area contributed by atoms with Crippen LogP contribution in [0.3, 0.4) is 0 Å². The lowest BCUT2D eigenvalue weighted by Gasteiger charge is -2.08. The molecule has 0 heterocycles. The number of ether oxygens (including phenoxy) is 1. The zero-order chi connectivity index (χ0) is 10.6. The fraction of sp³-hybridized carbons (Fsp3) is 0.300. The Balaban J connectivity index is 2.55. The molecule has 0 aromatic heterocycles. The molecule has 0 bridgehead atoms. The molecule has 3 N–H and O–H groups in total. The summed E-state index contributed by atoms with van der Waals surface area (Å²) in [7, 11) is 0. The third-order valence-corrected chi connectivity index (χ3v) is 2.26. The van der Waals surface area contributed by atoms with Crippen molar-refractivity contribution in [3.05, 3.63) is 28.2 Å². The van der Waals surface area contributed by atoms with E-state index in [9.17, 15) is 0 Å². The summed E-state index contributed by atoms with van der Waals surface area (Å²) < 4.78 is 6.50. The van der Waals surface area contributed by atoms with E-state index in [1.54, 1.807) is 0 Å². The van der Waals surface area contributed by atoms with Crippen molar-refractivity contribution in [2.75, 3.05) is 6.61 Å². The second-order valence-corrected chi connectivity index (χ2v) is 3.95. The zero-order valence-corrected chi connectivity index (χ0v) is 9.60. The third kappa shape index (κ3) is 3.38. The van der Waals surface area contributed by atoms with Crippen LogP contribution in [0.4, 0.5) is 0 Å². The molecule has 1 rings (SSSR count). The largest absolute Gasteiger partial charge is 0.493 e. The Morgan fingerprint density at radius 2 is 2.29 bits per heavy atom. The molecule has 0 unspecified atom stereocenters. The van der Waals surface area contributed by atoms with Gasteiger partial charge in [-0.05, 0) is 30.7 Å². The molecule has 0 saturated carbocycles. The zero-order valence-electron chi connectivity index (χ0n) is 8.01. The monoisotopic (exact) mass is 256 g/mol. The van der Waals surface area contributed by atoms with Crippen molar-refractivity contribution in [1.82, 2.24) is 0 Å². The van der Waals surface area contributed by atoms with Gasteiger partial charge in [-0.25, -0.2) is 0 Å². The summed E-state index contributed by atoms with van der Waals surface area (Å²) in [6.07, 6.45) is 0.468. The van der Waals surface area contributed by atoms with Gasteiger partial charge in [0.25, 0.3) is 0 Å². The highest BCUT2D eigenvalue weighted by Gasteiger charge is 1.99.